The van der Waals surface area contributed by atoms with E-state index in [9.17, 15) is 9.59 Å². The van der Waals surface area contributed by atoms with E-state index in [1.165, 1.54) is 0 Å². The molecule has 2 amide bonds. The fourth-order valence-corrected chi connectivity index (χ4v) is 2.45. The molecular formula is C15H21N3O2. The largest absolute Gasteiger partial charge is 0.378 e. The van der Waals surface area contributed by atoms with Crippen molar-refractivity contribution in [2.24, 2.45) is 0 Å². The first kappa shape index (κ1) is 14.4. The van der Waals surface area contributed by atoms with Crippen LogP contribution in [0, 0.1) is 0 Å². The summed E-state index contributed by atoms with van der Waals surface area (Å²) in [6, 6.07) is 6.78. The number of rotatable bonds is 3. The van der Waals surface area contributed by atoms with E-state index in [1.54, 1.807) is 11.8 Å². The standard InChI is InChI=1S/C15H21N3O2/c1-5-13-14(19)16-10(2)15(20)18(13)12-8-6-7-11(9-12)17(3)4/h6-10,13H,5H2,1-4H3,(H,16,19). The summed E-state index contributed by atoms with van der Waals surface area (Å²) in [5.74, 6) is -0.151. The number of nitrogens with one attached hydrogen (secondary N) is 1. The van der Waals surface area contributed by atoms with Crippen LogP contribution in [0.15, 0.2) is 24.3 Å². The maximum atomic E-state index is 12.4. The number of piperazine rings is 1. The van der Waals surface area contributed by atoms with Crippen molar-refractivity contribution in [3.05, 3.63) is 24.3 Å². The first-order valence-electron chi connectivity index (χ1n) is 6.86. The van der Waals surface area contributed by atoms with Crippen molar-refractivity contribution in [1.29, 1.82) is 0 Å². The quantitative estimate of drug-likeness (QED) is 0.907. The van der Waals surface area contributed by atoms with Crippen molar-refractivity contribution in [2.45, 2.75) is 32.4 Å². The Morgan fingerprint density at radius 3 is 2.60 bits per heavy atom. The Bertz CT molecular complexity index is 528. The summed E-state index contributed by atoms with van der Waals surface area (Å²) in [7, 11) is 3.90. The highest BCUT2D eigenvalue weighted by Crippen LogP contribution is 2.26. The van der Waals surface area contributed by atoms with Gasteiger partial charge in [0.05, 0.1) is 0 Å². The van der Waals surface area contributed by atoms with Gasteiger partial charge in [-0.25, -0.2) is 0 Å². The molecule has 5 nitrogen and oxygen atoms in total. The number of carbonyl (C=O) groups excluding carboxylic acids is 2. The molecule has 0 aromatic heterocycles. The maximum absolute atomic E-state index is 12.4. The summed E-state index contributed by atoms with van der Waals surface area (Å²) in [6.45, 7) is 3.63. The van der Waals surface area contributed by atoms with Crippen molar-refractivity contribution >= 4 is 23.2 Å². The Morgan fingerprint density at radius 1 is 1.30 bits per heavy atom. The maximum Gasteiger partial charge on any atom is 0.250 e. The molecule has 0 spiro atoms. The van der Waals surface area contributed by atoms with Gasteiger partial charge in [0.15, 0.2) is 0 Å². The van der Waals surface area contributed by atoms with Gasteiger partial charge in [-0.15, -0.1) is 0 Å². The lowest BCUT2D eigenvalue weighted by Gasteiger charge is -2.37. The molecule has 1 heterocycles. The third-order valence-electron chi connectivity index (χ3n) is 3.59. The van der Waals surface area contributed by atoms with Gasteiger partial charge in [-0.3, -0.25) is 14.5 Å². The molecule has 2 unspecified atom stereocenters. The first-order valence-corrected chi connectivity index (χ1v) is 6.86. The number of hydrogen-bond donors (Lipinski definition) is 1. The van der Waals surface area contributed by atoms with Crippen molar-refractivity contribution in [2.75, 3.05) is 23.9 Å². The van der Waals surface area contributed by atoms with Gasteiger partial charge in [0, 0.05) is 25.5 Å². The van der Waals surface area contributed by atoms with E-state index >= 15 is 0 Å². The first-order chi connectivity index (χ1) is 9.45. The zero-order valence-electron chi connectivity index (χ0n) is 12.4. The van der Waals surface area contributed by atoms with Crippen LogP contribution in [0.3, 0.4) is 0 Å². The molecule has 1 aliphatic heterocycles. The Kier molecular flexibility index (Phi) is 3.97. The second-order valence-corrected chi connectivity index (χ2v) is 5.28. The summed E-state index contributed by atoms with van der Waals surface area (Å²) in [5.41, 5.74) is 1.78. The summed E-state index contributed by atoms with van der Waals surface area (Å²) in [5, 5.41) is 2.73. The SMILES string of the molecule is CCC1C(=O)NC(C)C(=O)N1c1cccc(N(C)C)c1. The van der Waals surface area contributed by atoms with Gasteiger partial charge in [0.25, 0.3) is 0 Å². The van der Waals surface area contributed by atoms with Crippen LogP contribution >= 0.6 is 0 Å². The average Bonchev–Trinajstić information content (AvgIpc) is 2.42. The molecule has 1 fully saturated rings. The predicted octanol–water partition coefficient (Wildman–Crippen LogP) is 1.38. The molecule has 1 saturated heterocycles. The predicted molar refractivity (Wildman–Crippen MR) is 79.9 cm³/mol. The van der Waals surface area contributed by atoms with Gasteiger partial charge in [-0.05, 0) is 31.5 Å². The van der Waals surface area contributed by atoms with Crippen LogP contribution in [-0.4, -0.2) is 38.0 Å². The second kappa shape index (κ2) is 5.53. The lowest BCUT2D eigenvalue weighted by atomic mass is 10.0. The van der Waals surface area contributed by atoms with E-state index < -0.39 is 12.1 Å². The number of amides is 2. The molecule has 1 aliphatic rings. The van der Waals surface area contributed by atoms with Crippen LogP contribution in [0.5, 0.6) is 0 Å². The van der Waals surface area contributed by atoms with E-state index in [1.807, 2.05) is 50.2 Å². The fourth-order valence-electron chi connectivity index (χ4n) is 2.45. The minimum absolute atomic E-state index is 0.0626. The van der Waals surface area contributed by atoms with E-state index in [2.05, 4.69) is 5.32 Å². The molecule has 20 heavy (non-hydrogen) atoms. The summed E-state index contributed by atoms with van der Waals surface area (Å²) >= 11 is 0. The molecule has 2 atom stereocenters. The minimum atomic E-state index is -0.478. The highest BCUT2D eigenvalue weighted by molar-refractivity contribution is 6.08. The number of hydrogen-bond acceptors (Lipinski definition) is 3. The molecule has 1 aromatic rings. The zero-order valence-corrected chi connectivity index (χ0v) is 12.4. The van der Waals surface area contributed by atoms with E-state index in [-0.39, 0.29) is 11.8 Å². The van der Waals surface area contributed by atoms with Gasteiger partial charge in [0.2, 0.25) is 11.8 Å². The minimum Gasteiger partial charge on any atom is -0.378 e. The molecular weight excluding hydrogens is 254 g/mol. The van der Waals surface area contributed by atoms with Crippen LogP contribution < -0.4 is 15.1 Å². The smallest absolute Gasteiger partial charge is 0.250 e. The monoisotopic (exact) mass is 275 g/mol. The molecule has 0 saturated carbocycles. The van der Waals surface area contributed by atoms with Crippen LogP contribution in [0.2, 0.25) is 0 Å². The third kappa shape index (κ3) is 2.48. The van der Waals surface area contributed by atoms with Crippen molar-refractivity contribution in [3.63, 3.8) is 0 Å². The summed E-state index contributed by atoms with van der Waals surface area (Å²) in [6.07, 6.45) is 0.594. The topological polar surface area (TPSA) is 52.7 Å². The molecule has 0 radical (unpaired) electrons. The molecule has 5 heteroatoms. The molecule has 0 aliphatic carbocycles. The molecule has 0 bridgehead atoms. The van der Waals surface area contributed by atoms with Crippen LogP contribution in [0.25, 0.3) is 0 Å². The number of carbonyl (C=O) groups is 2. The van der Waals surface area contributed by atoms with Gasteiger partial charge in [-0.1, -0.05) is 13.0 Å². The van der Waals surface area contributed by atoms with Gasteiger partial charge in [0.1, 0.15) is 12.1 Å². The Morgan fingerprint density at radius 2 is 2.00 bits per heavy atom. The van der Waals surface area contributed by atoms with Crippen molar-refractivity contribution in [3.8, 4) is 0 Å². The lowest BCUT2D eigenvalue weighted by Crippen LogP contribution is -2.62. The van der Waals surface area contributed by atoms with Gasteiger partial charge < -0.3 is 10.2 Å². The molecule has 2 rings (SSSR count). The van der Waals surface area contributed by atoms with Crippen LogP contribution in [0.1, 0.15) is 20.3 Å². The second-order valence-electron chi connectivity index (χ2n) is 5.28. The van der Waals surface area contributed by atoms with Crippen molar-refractivity contribution < 1.29 is 9.59 Å². The Hall–Kier alpha value is -2.04. The summed E-state index contributed by atoms with van der Waals surface area (Å²) in [4.78, 5) is 28.1. The number of benzene rings is 1. The number of nitrogens with zero attached hydrogens (tertiary/aromatic N) is 2. The fraction of sp³-hybridized carbons (Fsp3) is 0.467. The Balaban J connectivity index is 2.43. The van der Waals surface area contributed by atoms with Gasteiger partial charge in [-0.2, -0.15) is 0 Å². The molecule has 1 aromatic carbocycles. The van der Waals surface area contributed by atoms with Crippen LogP contribution in [-0.2, 0) is 9.59 Å². The van der Waals surface area contributed by atoms with Crippen molar-refractivity contribution in [1.82, 2.24) is 5.32 Å². The van der Waals surface area contributed by atoms with E-state index in [0.717, 1.165) is 11.4 Å². The molecule has 108 valence electrons. The highest BCUT2D eigenvalue weighted by atomic mass is 16.2. The van der Waals surface area contributed by atoms with E-state index in [4.69, 9.17) is 0 Å². The van der Waals surface area contributed by atoms with E-state index in [0.29, 0.717) is 6.42 Å². The molecule has 1 N–H and O–H groups in total. The third-order valence-corrected chi connectivity index (χ3v) is 3.59. The average molecular weight is 275 g/mol. The summed E-state index contributed by atoms with van der Waals surface area (Å²) < 4.78 is 0. The number of anilines is 2. The zero-order chi connectivity index (χ0) is 14.9. The Labute approximate surface area is 119 Å². The van der Waals surface area contributed by atoms with Gasteiger partial charge >= 0.3 is 0 Å². The highest BCUT2D eigenvalue weighted by Gasteiger charge is 2.38. The van der Waals surface area contributed by atoms with Crippen LogP contribution in [0.4, 0.5) is 11.4 Å². The normalized spacial score (nSPS) is 22.7. The lowest BCUT2D eigenvalue weighted by molar-refractivity contribution is -0.133.